The van der Waals surface area contributed by atoms with E-state index in [1.165, 1.54) is 24.3 Å². The number of rotatable bonds is 9. The standard InChI is InChI=1S/C30H24FN3O2S.C2H6/c31-25-13-11-23(12-14-25)29(35)34-27(17-21-7-3-1-4-8-21)30(36)33-26-15-16-28(24(18-26)19-32)37-20-22-9-5-2-6-10-22;1-2/h1-16,18,27H,17,20H2,(H,33,36)(H,34,35);1-2H3. The lowest BCUT2D eigenvalue weighted by molar-refractivity contribution is -0.118. The molecule has 1 atom stereocenters. The van der Waals surface area contributed by atoms with E-state index in [0.29, 0.717) is 11.3 Å². The van der Waals surface area contributed by atoms with Crippen LogP contribution in [0, 0.1) is 17.1 Å². The summed E-state index contributed by atoms with van der Waals surface area (Å²) in [7, 11) is 0. The summed E-state index contributed by atoms with van der Waals surface area (Å²) in [5, 5.41) is 15.3. The first kappa shape index (κ1) is 29.2. The van der Waals surface area contributed by atoms with Crippen molar-refractivity contribution in [2.45, 2.75) is 37.0 Å². The summed E-state index contributed by atoms with van der Waals surface area (Å²) in [6.45, 7) is 4.00. The number of thioether (sulfide) groups is 1. The Balaban J connectivity index is 0.00000205. The third-order valence-electron chi connectivity index (χ3n) is 5.62. The number of benzene rings is 4. The molecule has 0 saturated heterocycles. The molecule has 39 heavy (non-hydrogen) atoms. The first-order chi connectivity index (χ1) is 19.0. The lowest BCUT2D eigenvalue weighted by Crippen LogP contribution is -2.45. The van der Waals surface area contributed by atoms with Crippen molar-refractivity contribution in [3.63, 3.8) is 0 Å². The Morgan fingerprint density at radius 2 is 1.49 bits per heavy atom. The minimum atomic E-state index is -0.891. The molecular weight excluding hydrogens is 509 g/mol. The molecule has 5 nitrogen and oxygen atoms in total. The molecule has 7 heteroatoms. The Bertz CT molecular complexity index is 1410. The maximum Gasteiger partial charge on any atom is 0.251 e. The fraction of sp³-hybridized carbons (Fsp3) is 0.156. The van der Waals surface area contributed by atoms with Gasteiger partial charge in [-0.05, 0) is 53.6 Å². The molecule has 0 saturated carbocycles. The van der Waals surface area contributed by atoms with E-state index in [4.69, 9.17) is 0 Å². The van der Waals surface area contributed by atoms with Gasteiger partial charge in [-0.15, -0.1) is 11.8 Å². The van der Waals surface area contributed by atoms with E-state index < -0.39 is 23.7 Å². The number of amides is 2. The van der Waals surface area contributed by atoms with Crippen molar-refractivity contribution < 1.29 is 14.0 Å². The molecule has 0 fully saturated rings. The molecule has 4 aromatic rings. The Hall–Kier alpha value is -4.41. The van der Waals surface area contributed by atoms with Crippen molar-refractivity contribution in [2.75, 3.05) is 5.32 Å². The summed E-state index contributed by atoms with van der Waals surface area (Å²) in [6.07, 6.45) is 0.260. The molecule has 0 aliphatic carbocycles. The van der Waals surface area contributed by atoms with E-state index in [-0.39, 0.29) is 12.0 Å². The van der Waals surface area contributed by atoms with Gasteiger partial charge in [0, 0.05) is 28.3 Å². The van der Waals surface area contributed by atoms with E-state index in [9.17, 15) is 19.2 Å². The van der Waals surface area contributed by atoms with Gasteiger partial charge in [-0.2, -0.15) is 5.26 Å². The van der Waals surface area contributed by atoms with Crippen molar-refractivity contribution >= 4 is 29.3 Å². The molecule has 0 aliphatic rings. The van der Waals surface area contributed by atoms with Gasteiger partial charge in [0.05, 0.1) is 5.56 Å². The highest BCUT2D eigenvalue weighted by atomic mass is 32.2. The van der Waals surface area contributed by atoms with Crippen LogP contribution >= 0.6 is 11.8 Å². The van der Waals surface area contributed by atoms with Crippen molar-refractivity contribution in [2.24, 2.45) is 0 Å². The molecule has 0 heterocycles. The van der Waals surface area contributed by atoms with Crippen LogP contribution in [0.2, 0.25) is 0 Å². The Morgan fingerprint density at radius 3 is 2.10 bits per heavy atom. The van der Waals surface area contributed by atoms with Crippen LogP contribution in [0.1, 0.15) is 40.9 Å². The third kappa shape index (κ3) is 8.84. The van der Waals surface area contributed by atoms with Crippen LogP contribution in [-0.4, -0.2) is 17.9 Å². The molecule has 0 spiro atoms. The van der Waals surface area contributed by atoms with Gasteiger partial charge in [0.2, 0.25) is 5.91 Å². The predicted octanol–water partition coefficient (Wildman–Crippen LogP) is 7.00. The molecule has 1 unspecified atom stereocenters. The topological polar surface area (TPSA) is 82.0 Å². The van der Waals surface area contributed by atoms with Gasteiger partial charge in [-0.1, -0.05) is 74.5 Å². The van der Waals surface area contributed by atoms with Crippen LogP contribution in [-0.2, 0) is 17.0 Å². The number of nitrogens with one attached hydrogen (secondary N) is 2. The largest absolute Gasteiger partial charge is 0.340 e. The van der Waals surface area contributed by atoms with Crippen LogP contribution in [0.3, 0.4) is 0 Å². The SMILES string of the molecule is CC.N#Cc1cc(NC(=O)C(Cc2ccccc2)NC(=O)c2ccc(F)cc2)ccc1SCc1ccccc1. The van der Waals surface area contributed by atoms with Crippen molar-refractivity contribution in [3.8, 4) is 6.07 Å². The first-order valence-electron chi connectivity index (χ1n) is 12.6. The fourth-order valence-corrected chi connectivity index (χ4v) is 4.63. The number of anilines is 1. The molecule has 0 bridgehead atoms. The molecule has 4 aromatic carbocycles. The van der Waals surface area contributed by atoms with Crippen molar-refractivity contribution in [1.29, 1.82) is 5.26 Å². The number of nitriles is 1. The van der Waals surface area contributed by atoms with E-state index in [1.54, 1.807) is 23.9 Å². The normalized spacial score (nSPS) is 10.8. The number of nitrogens with zero attached hydrogens (tertiary/aromatic N) is 1. The van der Waals surface area contributed by atoms with Gasteiger partial charge in [0.15, 0.2) is 0 Å². The highest BCUT2D eigenvalue weighted by molar-refractivity contribution is 7.98. The van der Waals surface area contributed by atoms with Crippen LogP contribution in [0.25, 0.3) is 0 Å². The Kier molecular flexibility index (Phi) is 11.3. The molecule has 2 N–H and O–H groups in total. The molecule has 198 valence electrons. The number of hydrogen-bond acceptors (Lipinski definition) is 4. The number of halogens is 1. The van der Waals surface area contributed by atoms with Gasteiger partial charge in [0.25, 0.3) is 5.91 Å². The quantitative estimate of drug-likeness (QED) is 0.225. The van der Waals surface area contributed by atoms with E-state index in [1.807, 2.05) is 80.6 Å². The van der Waals surface area contributed by atoms with Crippen LogP contribution in [0.4, 0.5) is 10.1 Å². The highest BCUT2D eigenvalue weighted by Gasteiger charge is 2.22. The lowest BCUT2D eigenvalue weighted by atomic mass is 10.0. The predicted molar refractivity (Wildman–Crippen MR) is 155 cm³/mol. The summed E-state index contributed by atoms with van der Waals surface area (Å²) in [6, 6.07) is 30.9. The number of carbonyl (C=O) groups excluding carboxylic acids is 2. The van der Waals surface area contributed by atoms with Crippen molar-refractivity contribution in [1.82, 2.24) is 5.32 Å². The zero-order valence-corrected chi connectivity index (χ0v) is 22.7. The molecule has 0 radical (unpaired) electrons. The Morgan fingerprint density at radius 1 is 0.872 bits per heavy atom. The molecule has 4 rings (SSSR count). The highest BCUT2D eigenvalue weighted by Crippen LogP contribution is 2.28. The van der Waals surface area contributed by atoms with E-state index in [2.05, 4.69) is 16.7 Å². The summed E-state index contributed by atoms with van der Waals surface area (Å²) >= 11 is 1.55. The molecule has 0 aromatic heterocycles. The Labute approximate surface area is 233 Å². The van der Waals surface area contributed by atoms with E-state index >= 15 is 0 Å². The second kappa shape index (κ2) is 15.1. The summed E-state index contributed by atoms with van der Waals surface area (Å²) in [5.41, 5.74) is 3.18. The minimum absolute atomic E-state index is 0.249. The maximum absolute atomic E-state index is 13.3. The van der Waals surface area contributed by atoms with Gasteiger partial charge >= 0.3 is 0 Å². The molecule has 0 aliphatic heterocycles. The van der Waals surface area contributed by atoms with Crippen LogP contribution in [0.15, 0.2) is 108 Å². The van der Waals surface area contributed by atoms with E-state index in [0.717, 1.165) is 21.8 Å². The smallest absolute Gasteiger partial charge is 0.251 e. The van der Waals surface area contributed by atoms with Gasteiger partial charge in [-0.25, -0.2) is 4.39 Å². The maximum atomic E-state index is 13.3. The second-order valence-corrected chi connectivity index (χ2v) is 9.33. The average molecular weight is 540 g/mol. The lowest BCUT2D eigenvalue weighted by Gasteiger charge is -2.19. The third-order valence-corrected chi connectivity index (χ3v) is 6.76. The summed E-state index contributed by atoms with van der Waals surface area (Å²) in [5.74, 6) is -0.640. The van der Waals surface area contributed by atoms with Gasteiger partial charge in [0.1, 0.15) is 17.9 Å². The molecular formula is C32H30FN3O2S. The summed E-state index contributed by atoms with van der Waals surface area (Å²) in [4.78, 5) is 26.9. The minimum Gasteiger partial charge on any atom is -0.340 e. The van der Waals surface area contributed by atoms with Gasteiger partial charge in [-0.3, -0.25) is 9.59 Å². The molecule has 2 amide bonds. The second-order valence-electron chi connectivity index (χ2n) is 8.31. The van der Waals surface area contributed by atoms with Crippen molar-refractivity contribution in [3.05, 3.63) is 131 Å². The monoisotopic (exact) mass is 539 g/mol. The number of hydrogen-bond donors (Lipinski definition) is 2. The zero-order valence-electron chi connectivity index (χ0n) is 21.9. The first-order valence-corrected chi connectivity index (χ1v) is 13.6. The average Bonchev–Trinajstić information content (AvgIpc) is 2.98. The van der Waals surface area contributed by atoms with Gasteiger partial charge < -0.3 is 10.6 Å². The summed E-state index contributed by atoms with van der Waals surface area (Å²) < 4.78 is 13.3. The fourth-order valence-electron chi connectivity index (χ4n) is 3.69. The zero-order chi connectivity index (χ0) is 28.0. The van der Waals surface area contributed by atoms with Crippen LogP contribution < -0.4 is 10.6 Å². The van der Waals surface area contributed by atoms with Crippen LogP contribution in [0.5, 0.6) is 0 Å². The number of carbonyl (C=O) groups is 2.